The molecule has 0 unspecified atom stereocenters. The molecular formula is C11H10ClF10NO3S. The number of carboxylic acid groups (broad SMARTS) is 1. The summed E-state index contributed by atoms with van der Waals surface area (Å²) in [6.45, 7) is 0. The standard InChI is InChI=1S/C11H10ClF10NO3S/c1-27-3-2-4(5(24)25)23-6(26)7(13,14)8(15,16)9(17,18)10(19,20)11(12,21)22/h4H,2-3H2,1H3,(H,23,26)(H,24,25)/t4-/m0/s1. The largest absolute Gasteiger partial charge is 0.480 e. The van der Waals surface area contributed by atoms with Crippen molar-refractivity contribution in [1.29, 1.82) is 0 Å². The zero-order valence-corrected chi connectivity index (χ0v) is 14.4. The van der Waals surface area contributed by atoms with Gasteiger partial charge in [0.05, 0.1) is 0 Å². The Morgan fingerprint density at radius 1 is 0.963 bits per heavy atom. The van der Waals surface area contributed by atoms with E-state index in [1.807, 2.05) is 0 Å². The highest BCUT2D eigenvalue weighted by atomic mass is 35.5. The molecule has 0 fully saturated rings. The average molecular weight is 462 g/mol. The molecule has 1 atom stereocenters. The van der Waals surface area contributed by atoms with Crippen molar-refractivity contribution in [3.63, 3.8) is 0 Å². The highest BCUT2D eigenvalue weighted by Gasteiger charge is 2.87. The molecule has 0 heterocycles. The van der Waals surface area contributed by atoms with Gasteiger partial charge in [-0.25, -0.2) is 4.79 Å². The number of carbonyl (C=O) groups is 2. The van der Waals surface area contributed by atoms with Crippen LogP contribution in [0.4, 0.5) is 43.9 Å². The van der Waals surface area contributed by atoms with Crippen LogP contribution in [0, 0.1) is 0 Å². The third-order valence-corrected chi connectivity index (χ3v) is 3.92. The number of carbonyl (C=O) groups excluding carboxylic acids is 1. The number of thioether (sulfide) groups is 1. The first-order valence-electron chi connectivity index (χ1n) is 6.39. The molecule has 0 aliphatic heterocycles. The van der Waals surface area contributed by atoms with Crippen LogP contribution >= 0.6 is 23.4 Å². The van der Waals surface area contributed by atoms with Crippen molar-refractivity contribution in [2.45, 2.75) is 41.5 Å². The molecule has 4 nitrogen and oxygen atoms in total. The Bertz CT molecular complexity index is 569. The number of alkyl halides is 11. The van der Waals surface area contributed by atoms with Crippen molar-refractivity contribution in [3.8, 4) is 0 Å². The number of rotatable bonds is 10. The van der Waals surface area contributed by atoms with E-state index in [0.29, 0.717) is 0 Å². The summed E-state index contributed by atoms with van der Waals surface area (Å²) in [6, 6.07) is -2.27. The maximum Gasteiger partial charge on any atom is 0.393 e. The maximum absolute atomic E-state index is 13.5. The van der Waals surface area contributed by atoms with Crippen molar-refractivity contribution < 1.29 is 58.6 Å². The van der Waals surface area contributed by atoms with Gasteiger partial charge in [-0.05, 0) is 30.0 Å². The summed E-state index contributed by atoms with van der Waals surface area (Å²) >= 11 is 4.54. The summed E-state index contributed by atoms with van der Waals surface area (Å²) in [6.07, 6.45) is 0.772. The zero-order chi connectivity index (χ0) is 22.1. The fourth-order valence-corrected chi connectivity index (χ4v) is 2.05. The molecule has 1 amide bonds. The molecule has 0 aromatic heterocycles. The number of amides is 1. The van der Waals surface area contributed by atoms with Crippen LogP contribution in [0.2, 0.25) is 0 Å². The fraction of sp³-hybridized carbons (Fsp3) is 0.818. The van der Waals surface area contributed by atoms with Crippen LogP contribution in [0.1, 0.15) is 6.42 Å². The molecule has 0 saturated heterocycles. The topological polar surface area (TPSA) is 66.4 Å². The summed E-state index contributed by atoms with van der Waals surface area (Å²) in [5.74, 6) is -34.3. The van der Waals surface area contributed by atoms with Crippen LogP contribution in [0.3, 0.4) is 0 Å². The van der Waals surface area contributed by atoms with Crippen LogP contribution in [-0.4, -0.2) is 64.1 Å². The Hall–Kier alpha value is -1.12. The second kappa shape index (κ2) is 8.09. The van der Waals surface area contributed by atoms with Crippen molar-refractivity contribution in [2.75, 3.05) is 12.0 Å². The lowest BCUT2D eigenvalue weighted by molar-refractivity contribution is -0.382. The molecule has 0 radical (unpaired) electrons. The van der Waals surface area contributed by atoms with E-state index in [1.54, 1.807) is 0 Å². The van der Waals surface area contributed by atoms with Gasteiger partial charge in [-0.15, -0.1) is 0 Å². The molecule has 16 heteroatoms. The Morgan fingerprint density at radius 3 is 1.74 bits per heavy atom. The lowest BCUT2D eigenvalue weighted by Gasteiger charge is -2.37. The van der Waals surface area contributed by atoms with Gasteiger partial charge >= 0.3 is 35.0 Å². The SMILES string of the molecule is CSCC[C@H](NC(=O)C(F)(F)C(F)(F)C(F)(F)C(F)(F)C(F)(F)Cl)C(=O)O. The Kier molecular flexibility index (Phi) is 7.75. The molecule has 27 heavy (non-hydrogen) atoms. The predicted octanol–water partition coefficient (Wildman–Crippen LogP) is 3.68. The number of halogens is 11. The van der Waals surface area contributed by atoms with Gasteiger partial charge in [-0.1, -0.05) is 0 Å². The summed E-state index contributed by atoms with van der Waals surface area (Å²) in [5.41, 5.74) is 0. The maximum atomic E-state index is 13.5. The molecular weight excluding hydrogens is 452 g/mol. The molecule has 160 valence electrons. The first kappa shape index (κ1) is 25.9. The lowest BCUT2D eigenvalue weighted by atomic mass is 9.97. The third-order valence-electron chi connectivity index (χ3n) is 3.04. The first-order valence-corrected chi connectivity index (χ1v) is 8.16. The molecule has 0 rings (SSSR count). The van der Waals surface area contributed by atoms with Gasteiger partial charge in [0.15, 0.2) is 0 Å². The van der Waals surface area contributed by atoms with E-state index in [1.165, 1.54) is 6.26 Å². The number of hydrogen-bond acceptors (Lipinski definition) is 3. The molecule has 0 bridgehead atoms. The normalized spacial score (nSPS) is 15.4. The van der Waals surface area contributed by atoms with Crippen LogP contribution in [0.5, 0.6) is 0 Å². The van der Waals surface area contributed by atoms with Gasteiger partial charge in [-0.2, -0.15) is 55.7 Å². The van der Waals surface area contributed by atoms with Gasteiger partial charge < -0.3 is 10.4 Å². The zero-order valence-electron chi connectivity index (χ0n) is 12.8. The molecule has 0 saturated carbocycles. The lowest BCUT2D eigenvalue weighted by Crippen LogP contribution is -2.69. The minimum Gasteiger partial charge on any atom is -0.480 e. The second-order valence-corrected chi connectivity index (χ2v) is 6.40. The Labute approximate surface area is 153 Å². The first-order chi connectivity index (χ1) is 11.8. The van der Waals surface area contributed by atoms with Crippen molar-refractivity contribution >= 4 is 35.2 Å². The highest BCUT2D eigenvalue weighted by Crippen LogP contribution is 2.57. The summed E-state index contributed by atoms with van der Waals surface area (Å²) in [7, 11) is 0. The summed E-state index contributed by atoms with van der Waals surface area (Å²) in [4.78, 5) is 22.0. The van der Waals surface area contributed by atoms with Gasteiger partial charge in [0, 0.05) is 0 Å². The van der Waals surface area contributed by atoms with E-state index >= 15 is 0 Å². The van der Waals surface area contributed by atoms with Crippen LogP contribution in [0.25, 0.3) is 0 Å². The smallest absolute Gasteiger partial charge is 0.393 e. The number of carboxylic acids is 1. The van der Waals surface area contributed by atoms with E-state index in [2.05, 4.69) is 11.6 Å². The molecule has 2 N–H and O–H groups in total. The third kappa shape index (κ3) is 4.66. The van der Waals surface area contributed by atoms with Crippen molar-refractivity contribution in [1.82, 2.24) is 5.32 Å². The van der Waals surface area contributed by atoms with Crippen LogP contribution in [-0.2, 0) is 9.59 Å². The van der Waals surface area contributed by atoms with Gasteiger partial charge in [0.2, 0.25) is 0 Å². The van der Waals surface area contributed by atoms with Crippen LogP contribution in [0.15, 0.2) is 0 Å². The monoisotopic (exact) mass is 461 g/mol. The summed E-state index contributed by atoms with van der Waals surface area (Å²) in [5, 5.41) is 3.07. The average Bonchev–Trinajstić information content (AvgIpc) is 2.48. The molecule has 0 aliphatic rings. The van der Waals surface area contributed by atoms with Gasteiger partial charge in [0.1, 0.15) is 6.04 Å². The number of nitrogens with one attached hydrogen (secondary N) is 1. The molecule has 0 aromatic carbocycles. The van der Waals surface area contributed by atoms with Crippen molar-refractivity contribution in [3.05, 3.63) is 0 Å². The quantitative estimate of drug-likeness (QED) is 0.385. The van der Waals surface area contributed by atoms with E-state index in [0.717, 1.165) is 17.1 Å². The minimum atomic E-state index is -7.50. The van der Waals surface area contributed by atoms with Gasteiger partial charge in [-0.3, -0.25) is 4.79 Å². The minimum absolute atomic E-state index is 0.119. The van der Waals surface area contributed by atoms with E-state index in [4.69, 9.17) is 5.11 Å². The number of hydrogen-bond donors (Lipinski definition) is 2. The Morgan fingerprint density at radius 2 is 1.41 bits per heavy atom. The van der Waals surface area contributed by atoms with E-state index in [9.17, 15) is 53.5 Å². The van der Waals surface area contributed by atoms with E-state index < -0.39 is 53.4 Å². The Balaban J connectivity index is 5.88. The second-order valence-electron chi connectivity index (χ2n) is 4.94. The predicted molar refractivity (Wildman–Crippen MR) is 73.2 cm³/mol. The van der Waals surface area contributed by atoms with Gasteiger partial charge in [0.25, 0.3) is 5.91 Å². The number of aliphatic carboxylic acids is 1. The molecule has 0 aliphatic carbocycles. The summed E-state index contributed by atoms with van der Waals surface area (Å²) < 4.78 is 131. The van der Waals surface area contributed by atoms with E-state index in [-0.39, 0.29) is 5.75 Å². The fourth-order valence-electron chi connectivity index (χ4n) is 1.46. The van der Waals surface area contributed by atoms with Crippen molar-refractivity contribution in [2.24, 2.45) is 0 Å². The molecule has 0 aromatic rings. The van der Waals surface area contributed by atoms with Crippen LogP contribution < -0.4 is 5.32 Å². The molecule has 0 spiro atoms. The highest BCUT2D eigenvalue weighted by molar-refractivity contribution is 7.98.